The van der Waals surface area contributed by atoms with E-state index in [1.165, 1.54) is 0 Å². The van der Waals surface area contributed by atoms with Crippen LogP contribution in [0.25, 0.3) is 0 Å². The second-order valence-electron chi connectivity index (χ2n) is 3.49. The summed E-state index contributed by atoms with van der Waals surface area (Å²) in [6.07, 6.45) is -3.34. The van der Waals surface area contributed by atoms with Crippen molar-refractivity contribution < 1.29 is 13.2 Å². The monoisotopic (exact) mass is 234 g/mol. The summed E-state index contributed by atoms with van der Waals surface area (Å²) >= 11 is 0. The maximum atomic E-state index is 12.3. The van der Waals surface area contributed by atoms with Crippen LogP contribution >= 0.6 is 0 Å². The minimum atomic E-state index is -4.43. The van der Waals surface area contributed by atoms with Crippen molar-refractivity contribution in [2.45, 2.75) is 6.18 Å². The summed E-state index contributed by atoms with van der Waals surface area (Å²) in [5.41, 5.74) is -0.935. The van der Waals surface area contributed by atoms with Gasteiger partial charge in [0.15, 0.2) is 0 Å². The van der Waals surface area contributed by atoms with Crippen LogP contribution in [0.15, 0.2) is 12.3 Å². The highest BCUT2D eigenvalue weighted by Gasteiger charge is 2.32. The number of alkyl halides is 3. The first-order valence-corrected chi connectivity index (χ1v) is 4.68. The van der Waals surface area contributed by atoms with Crippen LogP contribution in [0.5, 0.6) is 0 Å². The Morgan fingerprint density at radius 1 is 1.38 bits per heavy atom. The van der Waals surface area contributed by atoms with Gasteiger partial charge in [0, 0.05) is 19.3 Å². The smallest absolute Gasteiger partial charge is 0.353 e. The highest BCUT2D eigenvalue weighted by Crippen LogP contribution is 2.27. The van der Waals surface area contributed by atoms with Gasteiger partial charge in [0.05, 0.1) is 0 Å². The molecule has 1 aromatic rings. The maximum Gasteiger partial charge on any atom is 0.433 e. The number of hydrogen-bond donors (Lipinski definition) is 1. The number of hydrogen-bond acceptors (Lipinski definition) is 4. The van der Waals surface area contributed by atoms with Crippen molar-refractivity contribution in [3.63, 3.8) is 0 Å². The van der Waals surface area contributed by atoms with Crippen LogP contribution in [0, 0.1) is 0 Å². The summed E-state index contributed by atoms with van der Waals surface area (Å²) in [6, 6.07) is 0.844. The van der Waals surface area contributed by atoms with Gasteiger partial charge in [-0.1, -0.05) is 0 Å². The Morgan fingerprint density at radius 3 is 2.62 bits per heavy atom. The van der Waals surface area contributed by atoms with E-state index < -0.39 is 11.9 Å². The van der Waals surface area contributed by atoms with Gasteiger partial charge in [-0.25, -0.2) is 9.97 Å². The molecule has 0 radical (unpaired) electrons. The van der Waals surface area contributed by atoms with Crippen LogP contribution in [0.1, 0.15) is 5.69 Å². The summed E-state index contributed by atoms with van der Waals surface area (Å²) < 4.78 is 36.9. The van der Waals surface area contributed by atoms with E-state index in [0.29, 0.717) is 13.1 Å². The molecule has 0 saturated heterocycles. The number of anilines is 1. The van der Waals surface area contributed by atoms with E-state index in [9.17, 15) is 13.2 Å². The molecular weight excluding hydrogens is 221 g/mol. The van der Waals surface area contributed by atoms with Crippen molar-refractivity contribution in [3.05, 3.63) is 18.0 Å². The Bertz CT molecular complexity index is 338. The van der Waals surface area contributed by atoms with Crippen molar-refractivity contribution in [3.8, 4) is 0 Å². The lowest BCUT2D eigenvalue weighted by atomic mass is 10.4. The molecule has 16 heavy (non-hydrogen) atoms. The fraction of sp³-hybridized carbons (Fsp3) is 0.556. The zero-order chi connectivity index (χ0) is 12.2. The Morgan fingerprint density at radius 2 is 2.06 bits per heavy atom. The first-order valence-electron chi connectivity index (χ1n) is 4.68. The first-order chi connectivity index (χ1) is 7.39. The minimum absolute atomic E-state index is 0.00308. The van der Waals surface area contributed by atoms with Crippen molar-refractivity contribution in [1.29, 1.82) is 0 Å². The number of aromatic nitrogens is 2. The summed E-state index contributed by atoms with van der Waals surface area (Å²) in [7, 11) is 3.74. The highest BCUT2D eigenvalue weighted by molar-refractivity contribution is 5.25. The molecule has 7 heteroatoms. The molecule has 0 saturated carbocycles. The van der Waals surface area contributed by atoms with Gasteiger partial charge >= 0.3 is 6.18 Å². The third-order valence-corrected chi connectivity index (χ3v) is 1.79. The Hall–Kier alpha value is -1.37. The van der Waals surface area contributed by atoms with Crippen molar-refractivity contribution in [2.75, 3.05) is 32.5 Å². The van der Waals surface area contributed by atoms with Gasteiger partial charge in [-0.2, -0.15) is 13.2 Å². The molecule has 0 aliphatic carbocycles. The average Bonchev–Trinajstić information content (AvgIpc) is 2.16. The lowest BCUT2D eigenvalue weighted by Crippen LogP contribution is -2.22. The predicted molar refractivity (Wildman–Crippen MR) is 54.1 cm³/mol. The van der Waals surface area contributed by atoms with Crippen LogP contribution < -0.4 is 5.32 Å². The van der Waals surface area contributed by atoms with Crippen LogP contribution in [0.2, 0.25) is 0 Å². The fourth-order valence-electron chi connectivity index (χ4n) is 0.993. The Kier molecular flexibility index (Phi) is 4.05. The van der Waals surface area contributed by atoms with Crippen molar-refractivity contribution in [1.82, 2.24) is 14.9 Å². The van der Waals surface area contributed by atoms with Gasteiger partial charge < -0.3 is 10.2 Å². The van der Waals surface area contributed by atoms with Crippen LogP contribution in [-0.4, -0.2) is 42.1 Å². The molecule has 1 heterocycles. The molecule has 0 spiro atoms. The molecule has 0 fully saturated rings. The zero-order valence-electron chi connectivity index (χ0n) is 9.04. The van der Waals surface area contributed by atoms with Crippen LogP contribution in [-0.2, 0) is 6.18 Å². The van der Waals surface area contributed by atoms with Gasteiger partial charge in [-0.15, -0.1) is 0 Å². The third kappa shape index (κ3) is 4.01. The van der Waals surface area contributed by atoms with Gasteiger partial charge in [0.2, 0.25) is 5.95 Å². The summed E-state index contributed by atoms with van der Waals surface area (Å²) in [5, 5.41) is 2.72. The molecule has 1 rings (SSSR count). The second kappa shape index (κ2) is 5.11. The molecule has 0 amide bonds. The standard InChI is InChI=1S/C9H13F3N4/c1-16(2)6-5-14-8-13-4-3-7(15-8)9(10,11)12/h3-4H,5-6H2,1-2H3,(H,13,14,15). The average molecular weight is 234 g/mol. The minimum Gasteiger partial charge on any atom is -0.353 e. The predicted octanol–water partition coefficient (Wildman–Crippen LogP) is 1.47. The number of halogens is 3. The zero-order valence-corrected chi connectivity index (χ0v) is 9.04. The molecule has 0 aliphatic rings. The first kappa shape index (κ1) is 12.7. The summed E-state index contributed by atoms with van der Waals surface area (Å²) in [4.78, 5) is 8.99. The highest BCUT2D eigenvalue weighted by atomic mass is 19.4. The third-order valence-electron chi connectivity index (χ3n) is 1.79. The molecular formula is C9H13F3N4. The molecule has 1 N–H and O–H groups in total. The SMILES string of the molecule is CN(C)CCNc1nccc(C(F)(F)F)n1. The molecule has 0 aliphatic heterocycles. The molecule has 90 valence electrons. The van der Waals surface area contributed by atoms with Crippen LogP contribution in [0.3, 0.4) is 0 Å². The maximum absolute atomic E-state index is 12.3. The van der Waals surface area contributed by atoms with E-state index in [0.717, 1.165) is 12.3 Å². The fourth-order valence-corrected chi connectivity index (χ4v) is 0.993. The quantitative estimate of drug-likeness (QED) is 0.856. The van der Waals surface area contributed by atoms with Gasteiger partial charge in [-0.3, -0.25) is 0 Å². The molecule has 4 nitrogen and oxygen atoms in total. The normalized spacial score (nSPS) is 11.9. The molecule has 0 unspecified atom stereocenters. The number of nitrogens with one attached hydrogen (secondary N) is 1. The van der Waals surface area contributed by atoms with E-state index in [4.69, 9.17) is 0 Å². The van der Waals surface area contributed by atoms with E-state index in [1.807, 2.05) is 19.0 Å². The van der Waals surface area contributed by atoms with Gasteiger partial charge in [-0.05, 0) is 20.2 Å². The number of likely N-dealkylation sites (N-methyl/N-ethyl adjacent to an activating group) is 1. The van der Waals surface area contributed by atoms with E-state index in [2.05, 4.69) is 15.3 Å². The van der Waals surface area contributed by atoms with Gasteiger partial charge in [0.1, 0.15) is 5.69 Å². The van der Waals surface area contributed by atoms with E-state index >= 15 is 0 Å². The molecule has 1 aromatic heterocycles. The number of rotatable bonds is 4. The molecule has 0 atom stereocenters. The van der Waals surface area contributed by atoms with Gasteiger partial charge in [0.25, 0.3) is 0 Å². The molecule has 0 bridgehead atoms. The lowest BCUT2D eigenvalue weighted by molar-refractivity contribution is -0.141. The number of nitrogens with zero attached hydrogens (tertiary/aromatic N) is 3. The Balaban J connectivity index is 2.61. The Labute approximate surface area is 91.5 Å². The summed E-state index contributed by atoms with van der Waals surface area (Å²) in [6.45, 7) is 1.19. The van der Waals surface area contributed by atoms with Crippen molar-refractivity contribution in [2.24, 2.45) is 0 Å². The van der Waals surface area contributed by atoms with E-state index in [-0.39, 0.29) is 5.95 Å². The van der Waals surface area contributed by atoms with E-state index in [1.54, 1.807) is 0 Å². The van der Waals surface area contributed by atoms with Crippen LogP contribution in [0.4, 0.5) is 19.1 Å². The second-order valence-corrected chi connectivity index (χ2v) is 3.49. The van der Waals surface area contributed by atoms with Crippen molar-refractivity contribution >= 4 is 5.95 Å². The largest absolute Gasteiger partial charge is 0.433 e. The molecule has 0 aromatic carbocycles. The lowest BCUT2D eigenvalue weighted by Gasteiger charge is -2.11. The topological polar surface area (TPSA) is 41.0 Å². The summed E-state index contributed by atoms with van der Waals surface area (Å²) in [5.74, 6) is -0.00308.